The summed E-state index contributed by atoms with van der Waals surface area (Å²) in [5.74, 6) is 0.442. The Morgan fingerprint density at radius 2 is 2.03 bits per heavy atom. The van der Waals surface area contributed by atoms with Crippen LogP contribution in [-0.2, 0) is 0 Å². The molecule has 0 radical (unpaired) electrons. The molecule has 1 aromatic carbocycles. The second-order valence-corrected chi connectivity index (χ2v) is 7.89. The molecule has 0 bridgehead atoms. The van der Waals surface area contributed by atoms with Gasteiger partial charge in [-0.3, -0.25) is 14.6 Å². The molecular weight excluding hydrogens is 380 g/mol. The van der Waals surface area contributed by atoms with E-state index in [1.165, 1.54) is 0 Å². The summed E-state index contributed by atoms with van der Waals surface area (Å²) in [7, 11) is 0. The van der Waals surface area contributed by atoms with Crippen LogP contribution < -0.4 is 10.9 Å². The number of amides is 1. The van der Waals surface area contributed by atoms with E-state index in [2.05, 4.69) is 15.5 Å². The van der Waals surface area contributed by atoms with Gasteiger partial charge in [-0.2, -0.15) is 0 Å². The number of fused-ring (bicyclic) bond motifs is 3. The second-order valence-electron chi connectivity index (χ2n) is 7.89. The van der Waals surface area contributed by atoms with Crippen LogP contribution in [0.25, 0.3) is 21.8 Å². The number of rotatable bonds is 3. The van der Waals surface area contributed by atoms with E-state index in [4.69, 9.17) is 4.52 Å². The third-order valence-corrected chi connectivity index (χ3v) is 5.99. The third kappa shape index (κ3) is 3.07. The lowest BCUT2D eigenvalue weighted by atomic mass is 9.90. The Balaban J connectivity index is 1.52. The fraction of sp³-hybridized carbons (Fsp3) is 0.304. The number of nitrogens with zero attached hydrogens (tertiary/aromatic N) is 3. The molecule has 0 saturated heterocycles. The molecule has 30 heavy (non-hydrogen) atoms. The molecule has 3 aromatic heterocycles. The lowest BCUT2D eigenvalue weighted by molar-refractivity contribution is 0.0920. The first-order valence-electron chi connectivity index (χ1n) is 10.2. The Morgan fingerprint density at radius 1 is 1.20 bits per heavy atom. The second kappa shape index (κ2) is 7.40. The molecule has 1 fully saturated rings. The molecule has 152 valence electrons. The molecule has 2 atom stereocenters. The minimum absolute atomic E-state index is 0.00865. The Labute approximate surface area is 172 Å². The predicted molar refractivity (Wildman–Crippen MR) is 114 cm³/mol. The van der Waals surface area contributed by atoms with Crippen LogP contribution in [0.4, 0.5) is 0 Å². The number of hydrogen-bond donors (Lipinski definition) is 1. The van der Waals surface area contributed by atoms with E-state index >= 15 is 0 Å². The molecule has 0 aliphatic heterocycles. The maximum Gasteiger partial charge on any atom is 0.264 e. The van der Waals surface area contributed by atoms with Gasteiger partial charge in [0.05, 0.1) is 11.7 Å². The van der Waals surface area contributed by atoms with Crippen LogP contribution in [0.3, 0.4) is 0 Å². The smallest absolute Gasteiger partial charge is 0.264 e. The maximum absolute atomic E-state index is 13.4. The van der Waals surface area contributed by atoms with Crippen LogP contribution in [0.1, 0.15) is 47.8 Å². The lowest BCUT2D eigenvalue weighted by Gasteiger charge is -2.31. The van der Waals surface area contributed by atoms with Crippen molar-refractivity contribution in [3.63, 3.8) is 0 Å². The van der Waals surface area contributed by atoms with Crippen molar-refractivity contribution in [1.29, 1.82) is 0 Å². The molecule has 4 aromatic rings. The van der Waals surface area contributed by atoms with Gasteiger partial charge in [-0.05, 0) is 50.8 Å². The number of aromatic nitrogens is 3. The standard InChI is InChI=1S/C23H22N4O3/c1-14-20-21(26-30-14)18-10-11-24-13-19(18)27(23(20)29)17-9-5-8-16(12-17)25-22(28)15-6-3-2-4-7-15/h2-4,6-7,10-11,13,16-17H,5,8-9,12H2,1H3,(H,25,28). The minimum atomic E-state index is -0.107. The molecule has 2 unspecified atom stereocenters. The topological polar surface area (TPSA) is 90.0 Å². The van der Waals surface area contributed by atoms with E-state index in [0.717, 1.165) is 30.2 Å². The highest BCUT2D eigenvalue weighted by Crippen LogP contribution is 2.32. The average molecular weight is 402 g/mol. The van der Waals surface area contributed by atoms with Gasteiger partial charge < -0.3 is 14.4 Å². The first-order valence-corrected chi connectivity index (χ1v) is 10.2. The molecule has 1 aliphatic carbocycles. The summed E-state index contributed by atoms with van der Waals surface area (Å²) < 4.78 is 7.16. The number of aryl methyl sites for hydroxylation is 1. The van der Waals surface area contributed by atoms with Crippen molar-refractivity contribution >= 4 is 27.7 Å². The van der Waals surface area contributed by atoms with E-state index in [9.17, 15) is 9.59 Å². The van der Waals surface area contributed by atoms with Crippen LogP contribution in [0, 0.1) is 6.92 Å². The third-order valence-electron chi connectivity index (χ3n) is 5.99. The fourth-order valence-electron chi connectivity index (χ4n) is 4.57. The van der Waals surface area contributed by atoms with Gasteiger partial charge in [-0.15, -0.1) is 0 Å². The number of benzene rings is 1. The number of hydrogen-bond acceptors (Lipinski definition) is 5. The normalized spacial score (nSPS) is 19.2. The number of nitrogens with one attached hydrogen (secondary N) is 1. The summed E-state index contributed by atoms with van der Waals surface area (Å²) in [5, 5.41) is 8.62. The molecular formula is C23H22N4O3. The summed E-state index contributed by atoms with van der Waals surface area (Å²) in [6, 6.07) is 11.1. The highest BCUT2D eigenvalue weighted by atomic mass is 16.5. The van der Waals surface area contributed by atoms with Crippen LogP contribution >= 0.6 is 0 Å². The van der Waals surface area contributed by atoms with E-state index in [-0.39, 0.29) is 23.6 Å². The van der Waals surface area contributed by atoms with Crippen LogP contribution in [-0.4, -0.2) is 26.7 Å². The van der Waals surface area contributed by atoms with E-state index < -0.39 is 0 Å². The Morgan fingerprint density at radius 3 is 2.87 bits per heavy atom. The maximum atomic E-state index is 13.4. The van der Waals surface area contributed by atoms with Gasteiger partial charge in [0.2, 0.25) is 0 Å². The molecule has 1 N–H and O–H groups in total. The molecule has 3 heterocycles. The zero-order valence-electron chi connectivity index (χ0n) is 16.7. The van der Waals surface area contributed by atoms with Crippen molar-refractivity contribution in [2.75, 3.05) is 0 Å². The molecule has 0 spiro atoms. The SMILES string of the molecule is Cc1onc2c1c(=O)n(C1CCCC(NC(=O)c3ccccc3)C1)c1cnccc21. The Hall–Kier alpha value is -3.48. The van der Waals surface area contributed by atoms with E-state index in [1.54, 1.807) is 19.3 Å². The quantitative estimate of drug-likeness (QED) is 0.563. The summed E-state index contributed by atoms with van der Waals surface area (Å²) in [4.78, 5) is 30.3. The zero-order valence-corrected chi connectivity index (χ0v) is 16.7. The Kier molecular flexibility index (Phi) is 4.58. The zero-order chi connectivity index (χ0) is 20.7. The molecule has 7 heteroatoms. The van der Waals surface area contributed by atoms with E-state index in [1.807, 2.05) is 41.0 Å². The van der Waals surface area contributed by atoms with Gasteiger partial charge in [0.15, 0.2) is 0 Å². The molecule has 7 nitrogen and oxygen atoms in total. The Bertz CT molecular complexity index is 1290. The van der Waals surface area contributed by atoms with Gasteiger partial charge in [0, 0.05) is 29.2 Å². The van der Waals surface area contributed by atoms with Gasteiger partial charge in [0.1, 0.15) is 16.7 Å². The van der Waals surface area contributed by atoms with Crippen LogP contribution in [0.15, 0.2) is 58.1 Å². The molecule has 5 rings (SSSR count). The van der Waals surface area contributed by atoms with Gasteiger partial charge in [0.25, 0.3) is 11.5 Å². The molecule has 1 aliphatic rings. The monoisotopic (exact) mass is 402 g/mol. The molecule has 1 saturated carbocycles. The predicted octanol–water partition coefficient (Wildman–Crippen LogP) is 3.76. The summed E-state index contributed by atoms with van der Waals surface area (Å²) in [6.45, 7) is 1.76. The van der Waals surface area contributed by atoms with Gasteiger partial charge in [-0.1, -0.05) is 23.4 Å². The summed E-state index contributed by atoms with van der Waals surface area (Å²) >= 11 is 0. The van der Waals surface area contributed by atoms with Crippen molar-refractivity contribution in [2.45, 2.75) is 44.7 Å². The first kappa shape index (κ1) is 18.5. The largest absolute Gasteiger partial charge is 0.360 e. The van der Waals surface area contributed by atoms with Gasteiger partial charge in [-0.25, -0.2) is 0 Å². The van der Waals surface area contributed by atoms with Crippen molar-refractivity contribution in [3.8, 4) is 0 Å². The number of carbonyl (C=O) groups excluding carboxylic acids is 1. The first-order chi connectivity index (χ1) is 14.6. The number of pyridine rings is 2. The fourth-order valence-corrected chi connectivity index (χ4v) is 4.57. The van der Waals surface area contributed by atoms with Crippen molar-refractivity contribution in [1.82, 2.24) is 20.0 Å². The highest BCUT2D eigenvalue weighted by molar-refractivity contribution is 6.03. The summed E-state index contributed by atoms with van der Waals surface area (Å²) in [5.41, 5.74) is 1.87. The highest BCUT2D eigenvalue weighted by Gasteiger charge is 2.28. The van der Waals surface area contributed by atoms with Crippen molar-refractivity contribution < 1.29 is 9.32 Å². The minimum Gasteiger partial charge on any atom is -0.360 e. The van der Waals surface area contributed by atoms with Crippen molar-refractivity contribution in [2.24, 2.45) is 0 Å². The molecule has 1 amide bonds. The van der Waals surface area contributed by atoms with Crippen molar-refractivity contribution in [3.05, 3.63) is 70.5 Å². The van der Waals surface area contributed by atoms with Crippen LogP contribution in [0.2, 0.25) is 0 Å². The average Bonchev–Trinajstić information content (AvgIpc) is 3.17. The number of carbonyl (C=O) groups is 1. The van der Waals surface area contributed by atoms with E-state index in [0.29, 0.717) is 28.6 Å². The lowest BCUT2D eigenvalue weighted by Crippen LogP contribution is -2.40. The van der Waals surface area contributed by atoms with Crippen LogP contribution in [0.5, 0.6) is 0 Å². The van der Waals surface area contributed by atoms with Gasteiger partial charge >= 0.3 is 0 Å². The summed E-state index contributed by atoms with van der Waals surface area (Å²) in [6.07, 6.45) is 6.81.